The van der Waals surface area contributed by atoms with Crippen molar-refractivity contribution in [3.8, 4) is 5.88 Å². The summed E-state index contributed by atoms with van der Waals surface area (Å²) in [6.45, 7) is 3.18. The van der Waals surface area contributed by atoms with Crippen LogP contribution in [0.25, 0.3) is 0 Å². The molecule has 3 rings (SSSR count). The van der Waals surface area contributed by atoms with Crippen molar-refractivity contribution in [2.45, 2.75) is 19.4 Å². The van der Waals surface area contributed by atoms with Gasteiger partial charge in [-0.2, -0.15) is 4.98 Å². The van der Waals surface area contributed by atoms with E-state index in [-0.39, 0.29) is 12.0 Å². The molecular weight excluding hydrogens is 274 g/mol. The molecule has 1 fully saturated rings. The van der Waals surface area contributed by atoms with Crippen LogP contribution in [0.15, 0.2) is 16.9 Å². The molecule has 2 aromatic heterocycles. The van der Waals surface area contributed by atoms with Crippen LogP contribution in [0.4, 0.5) is 5.82 Å². The Morgan fingerprint density at radius 3 is 3.10 bits per heavy atom. The Kier molecular flexibility index (Phi) is 3.96. The van der Waals surface area contributed by atoms with Crippen molar-refractivity contribution in [3.05, 3.63) is 24.1 Å². The van der Waals surface area contributed by atoms with Gasteiger partial charge in [0, 0.05) is 25.1 Å². The summed E-state index contributed by atoms with van der Waals surface area (Å²) in [7, 11) is 1.57. The monoisotopic (exact) mass is 291 g/mol. The summed E-state index contributed by atoms with van der Waals surface area (Å²) in [6, 6.07) is 1.75. The molecule has 2 atom stereocenters. The van der Waals surface area contributed by atoms with Crippen molar-refractivity contribution in [1.82, 2.24) is 20.1 Å². The van der Waals surface area contributed by atoms with E-state index in [1.54, 1.807) is 20.1 Å². The second-order valence-corrected chi connectivity index (χ2v) is 4.85. The summed E-state index contributed by atoms with van der Waals surface area (Å²) >= 11 is 0. The van der Waals surface area contributed by atoms with Crippen molar-refractivity contribution < 1.29 is 14.0 Å². The fourth-order valence-electron chi connectivity index (χ4n) is 2.33. The molecule has 8 heteroatoms. The number of hydrogen-bond acceptors (Lipinski definition) is 8. The topological polar surface area (TPSA) is 95.2 Å². The lowest BCUT2D eigenvalue weighted by molar-refractivity contribution is 0.0650. The Bertz CT molecular complexity index is 603. The number of hydrogen-bond donors (Lipinski definition) is 1. The van der Waals surface area contributed by atoms with Crippen molar-refractivity contribution >= 4 is 5.82 Å². The number of aryl methyl sites for hydroxylation is 1. The molecule has 1 aliphatic rings. The fraction of sp³-hybridized carbons (Fsp3) is 0.538. The summed E-state index contributed by atoms with van der Waals surface area (Å²) < 4.78 is 16.0. The van der Waals surface area contributed by atoms with Crippen molar-refractivity contribution in [2.24, 2.45) is 5.92 Å². The largest absolute Gasteiger partial charge is 0.481 e. The molecule has 2 aromatic rings. The van der Waals surface area contributed by atoms with E-state index in [0.29, 0.717) is 36.6 Å². The molecule has 21 heavy (non-hydrogen) atoms. The van der Waals surface area contributed by atoms with Gasteiger partial charge in [0.1, 0.15) is 18.2 Å². The van der Waals surface area contributed by atoms with Crippen LogP contribution >= 0.6 is 0 Å². The van der Waals surface area contributed by atoms with Gasteiger partial charge in [-0.25, -0.2) is 9.97 Å². The van der Waals surface area contributed by atoms with Gasteiger partial charge in [0.2, 0.25) is 5.88 Å². The normalized spacial score (nSPS) is 21.4. The molecule has 0 spiro atoms. The molecule has 0 aromatic carbocycles. The number of rotatable bonds is 5. The Labute approximate surface area is 121 Å². The second kappa shape index (κ2) is 6.04. The number of anilines is 1. The Morgan fingerprint density at radius 2 is 2.33 bits per heavy atom. The zero-order valence-electron chi connectivity index (χ0n) is 11.9. The smallest absolute Gasteiger partial charge is 0.256 e. The third-order valence-electron chi connectivity index (χ3n) is 3.40. The van der Waals surface area contributed by atoms with Crippen LogP contribution in [0.2, 0.25) is 0 Å². The molecule has 0 radical (unpaired) electrons. The van der Waals surface area contributed by atoms with Gasteiger partial charge in [-0.15, -0.1) is 0 Å². The molecule has 1 saturated heterocycles. The average Bonchev–Trinajstić information content (AvgIpc) is 3.13. The summed E-state index contributed by atoms with van der Waals surface area (Å²) in [5.41, 5.74) is 0. The lowest BCUT2D eigenvalue weighted by Gasteiger charge is -2.16. The van der Waals surface area contributed by atoms with E-state index in [1.165, 1.54) is 6.33 Å². The van der Waals surface area contributed by atoms with Crippen molar-refractivity contribution in [1.29, 1.82) is 0 Å². The molecule has 0 bridgehead atoms. The molecule has 0 aliphatic carbocycles. The SMILES string of the molecule is COc1cc(NC[C@@H]2CCO[C@@H]2c2nc(C)no2)ncn1. The highest BCUT2D eigenvalue weighted by Crippen LogP contribution is 2.33. The minimum absolute atomic E-state index is 0.164. The number of methoxy groups -OCH3 is 1. The van der Waals surface area contributed by atoms with Gasteiger partial charge in [-0.05, 0) is 13.3 Å². The van der Waals surface area contributed by atoms with Gasteiger partial charge in [-0.1, -0.05) is 5.16 Å². The molecule has 1 N–H and O–H groups in total. The molecule has 8 nitrogen and oxygen atoms in total. The fourth-order valence-corrected chi connectivity index (χ4v) is 2.33. The average molecular weight is 291 g/mol. The van der Waals surface area contributed by atoms with E-state index in [1.807, 2.05) is 0 Å². The molecule has 112 valence electrons. The highest BCUT2D eigenvalue weighted by molar-refractivity contribution is 5.37. The third kappa shape index (κ3) is 3.10. The quantitative estimate of drug-likeness (QED) is 0.882. The van der Waals surface area contributed by atoms with Crippen LogP contribution in [-0.4, -0.2) is 40.4 Å². The summed E-state index contributed by atoms with van der Waals surface area (Å²) in [4.78, 5) is 12.4. The molecule has 0 amide bonds. The maximum atomic E-state index is 5.70. The number of aromatic nitrogens is 4. The molecule has 3 heterocycles. The van der Waals surface area contributed by atoms with E-state index >= 15 is 0 Å². The second-order valence-electron chi connectivity index (χ2n) is 4.85. The summed E-state index contributed by atoms with van der Waals surface area (Å²) in [6.07, 6.45) is 2.23. The van der Waals surface area contributed by atoms with Crippen LogP contribution in [0.5, 0.6) is 5.88 Å². The summed E-state index contributed by atoms with van der Waals surface area (Å²) in [5.74, 6) is 2.66. The first-order chi connectivity index (χ1) is 10.3. The number of nitrogens with zero attached hydrogens (tertiary/aromatic N) is 4. The van der Waals surface area contributed by atoms with Gasteiger partial charge in [0.25, 0.3) is 5.89 Å². The van der Waals surface area contributed by atoms with E-state index in [2.05, 4.69) is 25.4 Å². The minimum Gasteiger partial charge on any atom is -0.481 e. The number of nitrogens with one attached hydrogen (secondary N) is 1. The van der Waals surface area contributed by atoms with E-state index in [0.717, 1.165) is 6.42 Å². The molecule has 0 unspecified atom stereocenters. The van der Waals surface area contributed by atoms with E-state index in [9.17, 15) is 0 Å². The van der Waals surface area contributed by atoms with Crippen LogP contribution in [-0.2, 0) is 4.74 Å². The molecule has 1 aliphatic heterocycles. The predicted octanol–water partition coefficient (Wildman–Crippen LogP) is 1.37. The van der Waals surface area contributed by atoms with Gasteiger partial charge in [-0.3, -0.25) is 0 Å². The first-order valence-corrected chi connectivity index (χ1v) is 6.78. The molecule has 0 saturated carbocycles. The molecular formula is C13H17N5O3. The first-order valence-electron chi connectivity index (χ1n) is 6.78. The highest BCUT2D eigenvalue weighted by atomic mass is 16.5. The standard InChI is InChI=1S/C13H17N5O3/c1-8-17-13(21-18-8)12-9(3-4-20-12)6-14-10-5-11(19-2)16-7-15-10/h5,7,9,12H,3-4,6H2,1-2H3,(H,14,15,16)/t9-,12-/m0/s1. The van der Waals surface area contributed by atoms with E-state index < -0.39 is 0 Å². The predicted molar refractivity (Wildman–Crippen MR) is 72.9 cm³/mol. The van der Waals surface area contributed by atoms with Gasteiger partial charge in [0.05, 0.1) is 7.11 Å². The van der Waals surface area contributed by atoms with Gasteiger partial charge in [0.15, 0.2) is 5.82 Å². The van der Waals surface area contributed by atoms with Gasteiger partial charge < -0.3 is 19.3 Å². The zero-order valence-corrected chi connectivity index (χ0v) is 11.9. The van der Waals surface area contributed by atoms with Crippen molar-refractivity contribution in [3.63, 3.8) is 0 Å². The maximum Gasteiger partial charge on any atom is 0.256 e. The number of ether oxygens (including phenoxy) is 2. The highest BCUT2D eigenvalue weighted by Gasteiger charge is 2.33. The van der Waals surface area contributed by atoms with Crippen molar-refractivity contribution in [2.75, 3.05) is 25.6 Å². The Morgan fingerprint density at radius 1 is 1.43 bits per heavy atom. The third-order valence-corrected chi connectivity index (χ3v) is 3.40. The minimum atomic E-state index is -0.164. The summed E-state index contributed by atoms with van der Waals surface area (Å²) in [5, 5.41) is 7.08. The van der Waals surface area contributed by atoms with Crippen LogP contribution in [0.3, 0.4) is 0 Å². The lowest BCUT2D eigenvalue weighted by Crippen LogP contribution is -2.18. The van der Waals surface area contributed by atoms with Crippen LogP contribution in [0, 0.1) is 12.8 Å². The van der Waals surface area contributed by atoms with E-state index in [4.69, 9.17) is 14.0 Å². The first kappa shape index (κ1) is 13.7. The lowest BCUT2D eigenvalue weighted by atomic mass is 10.0. The zero-order chi connectivity index (χ0) is 14.7. The van der Waals surface area contributed by atoms with Gasteiger partial charge >= 0.3 is 0 Å². The van der Waals surface area contributed by atoms with Crippen LogP contribution < -0.4 is 10.1 Å². The Balaban J connectivity index is 1.63. The van der Waals surface area contributed by atoms with Crippen LogP contribution in [0.1, 0.15) is 24.2 Å². The Hall–Kier alpha value is -2.22. The maximum absolute atomic E-state index is 5.70.